The van der Waals surface area contributed by atoms with Crippen molar-refractivity contribution in [2.45, 2.75) is 187 Å². The second-order valence-corrected chi connectivity index (χ2v) is 14.0. The van der Waals surface area contributed by atoms with E-state index in [0.717, 1.165) is 83.5 Å². The fourth-order valence-corrected chi connectivity index (χ4v) is 5.59. The quantitative estimate of drug-likeness (QED) is 0.0387. The number of allylic oxidation sites excluding steroid dienone is 16. The number of esters is 2. The van der Waals surface area contributed by atoms with Crippen molar-refractivity contribution in [3.8, 4) is 0 Å². The van der Waals surface area contributed by atoms with Crippen molar-refractivity contribution in [3.63, 3.8) is 0 Å². The third kappa shape index (κ3) is 41.6. The SMILES string of the molecule is CC/C=C\C/C=C\C/C=C\C/C=C\C/C=C\C/C=C\CCCCC(=O)OC(CO)COC(=O)CCCCCCCCCCC/C=C\C/C=C\CCCCC. The van der Waals surface area contributed by atoms with Crippen LogP contribution in [0.4, 0.5) is 0 Å². The van der Waals surface area contributed by atoms with Crippen LogP contribution in [0.1, 0.15) is 181 Å². The van der Waals surface area contributed by atoms with E-state index in [9.17, 15) is 14.7 Å². The number of carbonyl (C=O) groups is 2. The molecule has 54 heavy (non-hydrogen) atoms. The van der Waals surface area contributed by atoms with Gasteiger partial charge in [-0.3, -0.25) is 9.59 Å². The van der Waals surface area contributed by atoms with Gasteiger partial charge in [0.2, 0.25) is 0 Å². The maximum Gasteiger partial charge on any atom is 0.306 e. The molecule has 0 aromatic heterocycles. The Morgan fingerprint density at radius 1 is 0.444 bits per heavy atom. The van der Waals surface area contributed by atoms with Gasteiger partial charge in [-0.05, 0) is 96.3 Å². The van der Waals surface area contributed by atoms with Crippen LogP contribution in [0.5, 0.6) is 0 Å². The van der Waals surface area contributed by atoms with E-state index in [1.165, 1.54) is 70.6 Å². The third-order valence-electron chi connectivity index (χ3n) is 8.86. The van der Waals surface area contributed by atoms with Crippen molar-refractivity contribution in [2.75, 3.05) is 13.2 Å². The molecule has 1 N–H and O–H groups in total. The number of aliphatic hydroxyl groups is 1. The van der Waals surface area contributed by atoms with Crippen LogP contribution in [0, 0.1) is 0 Å². The molecule has 0 aliphatic carbocycles. The summed E-state index contributed by atoms with van der Waals surface area (Å²) in [5.41, 5.74) is 0. The number of hydrogen-bond acceptors (Lipinski definition) is 5. The predicted octanol–water partition coefficient (Wildman–Crippen LogP) is 14.1. The highest BCUT2D eigenvalue weighted by molar-refractivity contribution is 5.70. The molecule has 0 heterocycles. The van der Waals surface area contributed by atoms with Crippen molar-refractivity contribution in [3.05, 3.63) is 97.2 Å². The highest BCUT2D eigenvalue weighted by Crippen LogP contribution is 2.13. The zero-order valence-electron chi connectivity index (χ0n) is 34.7. The van der Waals surface area contributed by atoms with Crippen LogP contribution in [0.15, 0.2) is 97.2 Å². The fourth-order valence-electron chi connectivity index (χ4n) is 5.59. The summed E-state index contributed by atoms with van der Waals surface area (Å²) >= 11 is 0. The van der Waals surface area contributed by atoms with Crippen molar-refractivity contribution in [2.24, 2.45) is 0 Å². The van der Waals surface area contributed by atoms with Crippen LogP contribution in [-0.4, -0.2) is 36.4 Å². The first-order valence-corrected chi connectivity index (χ1v) is 21.8. The van der Waals surface area contributed by atoms with E-state index >= 15 is 0 Å². The Hall–Kier alpha value is -3.18. The smallest absolute Gasteiger partial charge is 0.306 e. The number of unbranched alkanes of at least 4 members (excludes halogenated alkanes) is 14. The molecule has 1 atom stereocenters. The van der Waals surface area contributed by atoms with Gasteiger partial charge in [0.1, 0.15) is 6.61 Å². The van der Waals surface area contributed by atoms with Crippen LogP contribution in [-0.2, 0) is 19.1 Å². The number of carbonyl (C=O) groups excluding carboxylic acids is 2. The number of hydrogen-bond donors (Lipinski definition) is 1. The molecule has 5 heteroatoms. The van der Waals surface area contributed by atoms with Crippen molar-refractivity contribution in [1.29, 1.82) is 0 Å². The average Bonchev–Trinajstić information content (AvgIpc) is 3.17. The van der Waals surface area contributed by atoms with Gasteiger partial charge in [-0.15, -0.1) is 0 Å². The zero-order valence-corrected chi connectivity index (χ0v) is 34.7. The largest absolute Gasteiger partial charge is 0.462 e. The van der Waals surface area contributed by atoms with Gasteiger partial charge in [0, 0.05) is 12.8 Å². The Bertz CT molecular complexity index is 1070. The van der Waals surface area contributed by atoms with Crippen molar-refractivity contribution in [1.82, 2.24) is 0 Å². The lowest BCUT2D eigenvalue weighted by Gasteiger charge is -2.15. The summed E-state index contributed by atoms with van der Waals surface area (Å²) < 4.78 is 10.6. The summed E-state index contributed by atoms with van der Waals surface area (Å²) in [5.74, 6) is -0.654. The first kappa shape index (κ1) is 50.8. The summed E-state index contributed by atoms with van der Waals surface area (Å²) in [7, 11) is 0. The van der Waals surface area contributed by atoms with E-state index in [-0.39, 0.29) is 25.2 Å². The molecule has 0 aliphatic rings. The Morgan fingerprint density at radius 3 is 1.24 bits per heavy atom. The molecule has 306 valence electrons. The van der Waals surface area contributed by atoms with Gasteiger partial charge in [0.25, 0.3) is 0 Å². The summed E-state index contributed by atoms with van der Waals surface area (Å²) in [4.78, 5) is 24.3. The maximum atomic E-state index is 12.2. The van der Waals surface area contributed by atoms with Crippen LogP contribution in [0.25, 0.3) is 0 Å². The van der Waals surface area contributed by atoms with Gasteiger partial charge in [-0.1, -0.05) is 169 Å². The van der Waals surface area contributed by atoms with Gasteiger partial charge in [0.05, 0.1) is 6.61 Å². The summed E-state index contributed by atoms with van der Waals surface area (Å²) in [6.45, 7) is 3.95. The topological polar surface area (TPSA) is 72.8 Å². The molecule has 0 aromatic carbocycles. The minimum atomic E-state index is -0.803. The van der Waals surface area contributed by atoms with Gasteiger partial charge >= 0.3 is 11.9 Å². The van der Waals surface area contributed by atoms with Gasteiger partial charge < -0.3 is 14.6 Å². The number of aliphatic hydroxyl groups excluding tert-OH is 1. The standard InChI is InChI=1S/C49H80O5/c1-3-5-7-9-11-13-15-17-19-21-23-24-26-28-30-32-34-36-38-40-42-44-49(52)54-47(45-50)46-53-48(51)43-41-39-37-35-33-31-29-27-25-22-20-18-16-14-12-10-8-6-4-2/h5,7,11-14,17-20,23-24,28,30,34,36,47,50H,3-4,6,8-10,15-16,21-22,25-27,29,31-33,35,37-46H2,1-2H3/b7-5-,13-11-,14-12-,19-17-,20-18-,24-23-,30-28-,36-34-. The van der Waals surface area contributed by atoms with E-state index in [1.807, 2.05) is 0 Å². The molecular formula is C49H80O5. The van der Waals surface area contributed by atoms with E-state index < -0.39 is 6.10 Å². The first-order valence-electron chi connectivity index (χ1n) is 21.8. The van der Waals surface area contributed by atoms with Crippen LogP contribution < -0.4 is 0 Å². The minimum absolute atomic E-state index is 0.0917. The van der Waals surface area contributed by atoms with E-state index in [0.29, 0.717) is 12.8 Å². The normalized spacial score (nSPS) is 13.2. The molecule has 5 nitrogen and oxygen atoms in total. The Balaban J connectivity index is 3.67. The molecule has 0 amide bonds. The average molecular weight is 749 g/mol. The fraction of sp³-hybridized carbons (Fsp3) is 0.633. The van der Waals surface area contributed by atoms with Crippen LogP contribution in [0.2, 0.25) is 0 Å². The highest BCUT2D eigenvalue weighted by atomic mass is 16.6. The van der Waals surface area contributed by atoms with Crippen molar-refractivity contribution >= 4 is 11.9 Å². The maximum absolute atomic E-state index is 12.2. The van der Waals surface area contributed by atoms with E-state index in [1.54, 1.807) is 0 Å². The Morgan fingerprint density at radius 2 is 0.796 bits per heavy atom. The number of ether oxygens (including phenoxy) is 2. The predicted molar refractivity (Wildman–Crippen MR) is 232 cm³/mol. The van der Waals surface area contributed by atoms with Crippen LogP contribution >= 0.6 is 0 Å². The monoisotopic (exact) mass is 749 g/mol. The van der Waals surface area contributed by atoms with Crippen molar-refractivity contribution < 1.29 is 24.2 Å². The van der Waals surface area contributed by atoms with Crippen LogP contribution in [0.3, 0.4) is 0 Å². The lowest BCUT2D eigenvalue weighted by Crippen LogP contribution is -2.28. The molecule has 1 unspecified atom stereocenters. The molecule has 0 spiro atoms. The lowest BCUT2D eigenvalue weighted by atomic mass is 10.1. The molecule has 0 saturated carbocycles. The lowest BCUT2D eigenvalue weighted by molar-refractivity contribution is -0.161. The zero-order chi connectivity index (χ0) is 39.3. The second-order valence-electron chi connectivity index (χ2n) is 14.0. The Kier molecular flexibility index (Phi) is 41.6. The Labute approximate surface area is 332 Å². The summed E-state index contributed by atoms with van der Waals surface area (Å²) in [6, 6.07) is 0. The van der Waals surface area contributed by atoms with E-state index in [4.69, 9.17) is 9.47 Å². The summed E-state index contributed by atoms with van der Waals surface area (Å²) in [5, 5.41) is 9.58. The van der Waals surface area contributed by atoms with Gasteiger partial charge in [-0.2, -0.15) is 0 Å². The molecule has 0 radical (unpaired) electrons. The van der Waals surface area contributed by atoms with Gasteiger partial charge in [-0.25, -0.2) is 0 Å². The molecule has 0 aromatic rings. The summed E-state index contributed by atoms with van der Waals surface area (Å²) in [6.07, 6.45) is 61.9. The molecule has 0 saturated heterocycles. The van der Waals surface area contributed by atoms with E-state index in [2.05, 4.69) is 111 Å². The second kappa shape index (κ2) is 44.2. The minimum Gasteiger partial charge on any atom is -0.462 e. The third-order valence-corrected chi connectivity index (χ3v) is 8.86. The van der Waals surface area contributed by atoms with Gasteiger partial charge in [0.15, 0.2) is 6.10 Å². The molecule has 0 bridgehead atoms. The first-order chi connectivity index (χ1) is 26.6. The molecule has 0 aliphatic heterocycles. The molecule has 0 rings (SSSR count). The highest BCUT2D eigenvalue weighted by Gasteiger charge is 2.16. The molecule has 0 fully saturated rings. The number of rotatable bonds is 38. The molecular weight excluding hydrogens is 669 g/mol.